The average molecular weight is 383 g/mol. The number of anilines is 1. The Balaban J connectivity index is 1.64. The first-order chi connectivity index (χ1) is 13.1. The zero-order valence-corrected chi connectivity index (χ0v) is 16.1. The largest absolute Gasteiger partial charge is 0.497 e. The van der Waals surface area contributed by atoms with E-state index in [4.69, 9.17) is 9.15 Å². The smallest absolute Gasteiger partial charge is 0.336 e. The van der Waals surface area contributed by atoms with Crippen molar-refractivity contribution in [2.75, 3.05) is 18.2 Å². The van der Waals surface area contributed by atoms with E-state index < -0.39 is 0 Å². The summed E-state index contributed by atoms with van der Waals surface area (Å²) in [5, 5.41) is 3.76. The van der Waals surface area contributed by atoms with Crippen LogP contribution in [0.4, 0.5) is 5.69 Å². The second kappa shape index (κ2) is 8.77. The minimum atomic E-state index is -0.368. The number of carbonyl (C=O) groups is 1. The van der Waals surface area contributed by atoms with E-state index >= 15 is 0 Å². The van der Waals surface area contributed by atoms with Gasteiger partial charge in [0.25, 0.3) is 0 Å². The number of fused-ring (bicyclic) bond motifs is 1. The fraction of sp³-hybridized carbons (Fsp3) is 0.238. The Bertz CT molecular complexity index is 1010. The quantitative estimate of drug-likeness (QED) is 0.618. The standard InChI is InChI=1S/C21H21NO4S/c1-3-14-7-8-18-15(10-21(24)26-19(18)9-14)12-27-13-20(23)22-16-5-4-6-17(11-16)25-2/h4-11H,3,12-13H2,1-2H3,(H,22,23). The fourth-order valence-electron chi connectivity index (χ4n) is 2.77. The number of benzene rings is 2. The van der Waals surface area contributed by atoms with E-state index in [0.29, 0.717) is 22.8 Å². The number of nitrogens with one attached hydrogen (secondary N) is 1. The van der Waals surface area contributed by atoms with Crippen LogP contribution in [0.15, 0.2) is 57.7 Å². The van der Waals surface area contributed by atoms with E-state index in [2.05, 4.69) is 12.2 Å². The molecule has 6 heteroatoms. The average Bonchev–Trinajstić information content (AvgIpc) is 2.67. The molecule has 140 valence electrons. The van der Waals surface area contributed by atoms with Crippen molar-refractivity contribution in [2.45, 2.75) is 19.1 Å². The van der Waals surface area contributed by atoms with Crippen molar-refractivity contribution >= 4 is 34.3 Å². The summed E-state index contributed by atoms with van der Waals surface area (Å²) >= 11 is 1.45. The molecule has 0 fully saturated rings. The summed E-state index contributed by atoms with van der Waals surface area (Å²) in [5.74, 6) is 1.42. The zero-order valence-electron chi connectivity index (χ0n) is 15.3. The predicted octanol–water partition coefficient (Wildman–Crippen LogP) is 4.24. The van der Waals surface area contributed by atoms with E-state index in [0.717, 1.165) is 22.9 Å². The Morgan fingerprint density at radius 1 is 1.19 bits per heavy atom. The van der Waals surface area contributed by atoms with E-state index in [9.17, 15) is 9.59 Å². The molecular weight excluding hydrogens is 362 g/mol. The van der Waals surface area contributed by atoms with Crippen molar-refractivity contribution in [1.82, 2.24) is 0 Å². The maximum atomic E-state index is 12.2. The molecule has 0 radical (unpaired) electrons. The maximum absolute atomic E-state index is 12.2. The fourth-order valence-corrected chi connectivity index (χ4v) is 3.58. The topological polar surface area (TPSA) is 68.5 Å². The summed E-state index contributed by atoms with van der Waals surface area (Å²) in [5.41, 5.74) is 2.92. The minimum Gasteiger partial charge on any atom is -0.497 e. The van der Waals surface area contributed by atoms with Crippen LogP contribution in [0.2, 0.25) is 0 Å². The van der Waals surface area contributed by atoms with Gasteiger partial charge in [-0.3, -0.25) is 4.79 Å². The van der Waals surface area contributed by atoms with Crippen LogP contribution in [0.1, 0.15) is 18.1 Å². The molecule has 0 saturated carbocycles. The van der Waals surface area contributed by atoms with Gasteiger partial charge in [0.2, 0.25) is 5.91 Å². The lowest BCUT2D eigenvalue weighted by molar-refractivity contribution is -0.113. The van der Waals surface area contributed by atoms with Gasteiger partial charge in [0.15, 0.2) is 0 Å². The van der Waals surface area contributed by atoms with Crippen molar-refractivity contribution < 1.29 is 13.9 Å². The van der Waals surface area contributed by atoms with Gasteiger partial charge < -0.3 is 14.5 Å². The molecule has 27 heavy (non-hydrogen) atoms. The second-order valence-electron chi connectivity index (χ2n) is 6.05. The summed E-state index contributed by atoms with van der Waals surface area (Å²) in [7, 11) is 1.58. The van der Waals surface area contributed by atoms with Crippen LogP contribution >= 0.6 is 11.8 Å². The van der Waals surface area contributed by atoms with Gasteiger partial charge in [-0.15, -0.1) is 11.8 Å². The molecule has 1 N–H and O–H groups in total. The highest BCUT2D eigenvalue weighted by Crippen LogP contribution is 2.23. The molecule has 0 aliphatic carbocycles. The molecule has 0 aliphatic rings. The molecule has 1 aromatic heterocycles. The molecule has 2 aromatic carbocycles. The highest BCUT2D eigenvalue weighted by molar-refractivity contribution is 7.99. The van der Waals surface area contributed by atoms with Gasteiger partial charge in [0, 0.05) is 29.0 Å². The number of methoxy groups -OCH3 is 1. The lowest BCUT2D eigenvalue weighted by atomic mass is 10.1. The van der Waals surface area contributed by atoms with Gasteiger partial charge in [-0.2, -0.15) is 0 Å². The van der Waals surface area contributed by atoms with Crippen molar-refractivity contribution in [3.05, 3.63) is 70.1 Å². The van der Waals surface area contributed by atoms with Crippen LogP contribution in [-0.2, 0) is 17.0 Å². The lowest BCUT2D eigenvalue weighted by Gasteiger charge is -2.08. The number of hydrogen-bond donors (Lipinski definition) is 1. The van der Waals surface area contributed by atoms with Crippen LogP contribution in [0, 0.1) is 0 Å². The molecule has 0 atom stereocenters. The molecule has 5 nitrogen and oxygen atoms in total. The molecule has 3 aromatic rings. The van der Waals surface area contributed by atoms with Crippen molar-refractivity contribution in [1.29, 1.82) is 0 Å². The molecule has 0 bridgehead atoms. The Morgan fingerprint density at radius 3 is 2.81 bits per heavy atom. The van der Waals surface area contributed by atoms with Gasteiger partial charge in [0.05, 0.1) is 12.9 Å². The van der Waals surface area contributed by atoms with E-state index in [1.54, 1.807) is 13.2 Å². The minimum absolute atomic E-state index is 0.103. The highest BCUT2D eigenvalue weighted by Gasteiger charge is 2.09. The summed E-state index contributed by atoms with van der Waals surface area (Å²) < 4.78 is 10.5. The molecule has 0 saturated heterocycles. The molecule has 3 rings (SSSR count). The number of amides is 1. The van der Waals surface area contributed by atoms with Gasteiger partial charge >= 0.3 is 5.63 Å². The lowest BCUT2D eigenvalue weighted by Crippen LogP contribution is -2.14. The summed E-state index contributed by atoms with van der Waals surface area (Å²) in [4.78, 5) is 24.0. The summed E-state index contributed by atoms with van der Waals surface area (Å²) in [6, 6.07) is 14.6. The number of ether oxygens (including phenoxy) is 1. The Labute approximate surface area is 161 Å². The number of carbonyl (C=O) groups excluding carboxylic acids is 1. The molecular formula is C21H21NO4S. The van der Waals surface area contributed by atoms with Gasteiger partial charge in [-0.05, 0) is 35.7 Å². The van der Waals surface area contributed by atoms with Crippen molar-refractivity contribution in [3.63, 3.8) is 0 Å². The first-order valence-electron chi connectivity index (χ1n) is 8.66. The normalized spacial score (nSPS) is 10.7. The van der Waals surface area contributed by atoms with Gasteiger partial charge in [0.1, 0.15) is 11.3 Å². The Kier molecular flexibility index (Phi) is 6.19. The third kappa shape index (κ3) is 4.92. The van der Waals surface area contributed by atoms with E-state index in [1.807, 2.05) is 36.4 Å². The summed E-state index contributed by atoms with van der Waals surface area (Å²) in [6.07, 6.45) is 0.878. The van der Waals surface area contributed by atoms with Crippen LogP contribution < -0.4 is 15.7 Å². The van der Waals surface area contributed by atoms with Gasteiger partial charge in [-0.25, -0.2) is 4.79 Å². The SMILES string of the molecule is CCc1ccc2c(CSCC(=O)Nc3cccc(OC)c3)cc(=O)oc2c1. The monoisotopic (exact) mass is 383 g/mol. The van der Waals surface area contributed by atoms with Gasteiger partial charge in [-0.1, -0.05) is 25.1 Å². The van der Waals surface area contributed by atoms with Crippen LogP contribution in [0.3, 0.4) is 0 Å². The van der Waals surface area contributed by atoms with Crippen LogP contribution in [0.5, 0.6) is 5.75 Å². The number of aryl methyl sites for hydroxylation is 1. The van der Waals surface area contributed by atoms with E-state index in [1.165, 1.54) is 17.8 Å². The third-order valence-corrected chi connectivity index (χ3v) is 5.13. The number of rotatable bonds is 7. The predicted molar refractivity (Wildman–Crippen MR) is 110 cm³/mol. The Hall–Kier alpha value is -2.73. The number of thioether (sulfide) groups is 1. The summed E-state index contributed by atoms with van der Waals surface area (Å²) in [6.45, 7) is 2.06. The zero-order chi connectivity index (χ0) is 19.2. The third-order valence-electron chi connectivity index (χ3n) is 4.15. The van der Waals surface area contributed by atoms with Crippen LogP contribution in [-0.4, -0.2) is 18.8 Å². The molecule has 1 heterocycles. The van der Waals surface area contributed by atoms with Crippen molar-refractivity contribution in [3.8, 4) is 5.75 Å². The highest BCUT2D eigenvalue weighted by atomic mass is 32.2. The maximum Gasteiger partial charge on any atom is 0.336 e. The first kappa shape index (κ1) is 19.0. The molecule has 0 aliphatic heterocycles. The number of hydrogen-bond acceptors (Lipinski definition) is 5. The van der Waals surface area contributed by atoms with Crippen molar-refractivity contribution in [2.24, 2.45) is 0 Å². The first-order valence-corrected chi connectivity index (χ1v) is 9.82. The van der Waals surface area contributed by atoms with E-state index in [-0.39, 0.29) is 17.3 Å². The molecule has 0 unspecified atom stereocenters. The second-order valence-corrected chi connectivity index (χ2v) is 7.03. The Morgan fingerprint density at radius 2 is 2.04 bits per heavy atom. The molecule has 0 spiro atoms. The molecule has 1 amide bonds. The van der Waals surface area contributed by atoms with Crippen LogP contribution in [0.25, 0.3) is 11.0 Å².